The third kappa shape index (κ3) is 4.02. The van der Waals surface area contributed by atoms with Crippen LogP contribution >= 0.6 is 11.3 Å². The molecular formula is C12H19N3O3S. The smallest absolute Gasteiger partial charge is 0.284 e. The fraction of sp³-hybridized carbons (Fsp3) is 0.500. The maximum absolute atomic E-state index is 11.6. The Bertz CT molecular complexity index is 459. The molecular weight excluding hydrogens is 266 g/mol. The van der Waals surface area contributed by atoms with Crippen molar-refractivity contribution in [3.8, 4) is 0 Å². The Morgan fingerprint density at radius 3 is 2.68 bits per heavy atom. The molecule has 0 aliphatic heterocycles. The third-order valence-electron chi connectivity index (χ3n) is 2.67. The second-order valence-electron chi connectivity index (χ2n) is 4.16. The molecule has 2 amide bonds. The molecule has 19 heavy (non-hydrogen) atoms. The van der Waals surface area contributed by atoms with Gasteiger partial charge in [0.15, 0.2) is 0 Å². The summed E-state index contributed by atoms with van der Waals surface area (Å²) >= 11 is 1.28. The predicted molar refractivity (Wildman–Crippen MR) is 73.4 cm³/mol. The van der Waals surface area contributed by atoms with Crippen LogP contribution in [0.3, 0.4) is 0 Å². The van der Waals surface area contributed by atoms with E-state index in [9.17, 15) is 9.59 Å². The average molecular weight is 285 g/mol. The van der Waals surface area contributed by atoms with Crippen LogP contribution in [0, 0.1) is 6.92 Å². The van der Waals surface area contributed by atoms with E-state index >= 15 is 0 Å². The topological polar surface area (TPSA) is 90.5 Å². The van der Waals surface area contributed by atoms with Gasteiger partial charge >= 0.3 is 0 Å². The second-order valence-corrected chi connectivity index (χ2v) is 5.24. The van der Waals surface area contributed by atoms with Gasteiger partial charge in [-0.25, -0.2) is 5.48 Å². The SMILES string of the molecule is CCC(NC(=O)CNC)c1cc(C)c(C(=O)NO)s1. The average Bonchev–Trinajstić information content (AvgIpc) is 2.77. The zero-order valence-electron chi connectivity index (χ0n) is 11.2. The highest BCUT2D eigenvalue weighted by Crippen LogP contribution is 2.28. The Balaban J connectivity index is 2.87. The first-order chi connectivity index (χ1) is 9.03. The normalized spacial score (nSPS) is 12.0. The van der Waals surface area contributed by atoms with Crippen LogP contribution in [0.4, 0.5) is 0 Å². The van der Waals surface area contributed by atoms with Gasteiger partial charge in [-0.3, -0.25) is 14.8 Å². The van der Waals surface area contributed by atoms with Gasteiger partial charge in [-0.15, -0.1) is 11.3 Å². The molecule has 0 saturated carbocycles. The standard InChI is InChI=1S/C12H19N3O3S/c1-4-8(14-10(16)6-13-3)9-5-7(2)11(19-9)12(17)15-18/h5,8,13,18H,4,6H2,1-3H3,(H,14,16)(H,15,17). The zero-order valence-corrected chi connectivity index (χ0v) is 12.1. The first-order valence-corrected chi connectivity index (χ1v) is 6.83. The van der Waals surface area contributed by atoms with E-state index in [2.05, 4.69) is 10.6 Å². The number of hydrogen-bond donors (Lipinski definition) is 4. The van der Waals surface area contributed by atoms with Crippen molar-refractivity contribution in [3.63, 3.8) is 0 Å². The van der Waals surface area contributed by atoms with E-state index < -0.39 is 5.91 Å². The van der Waals surface area contributed by atoms with Gasteiger partial charge in [0.2, 0.25) is 5.91 Å². The van der Waals surface area contributed by atoms with Crippen LogP contribution in [0.2, 0.25) is 0 Å². The maximum atomic E-state index is 11.6. The molecule has 7 heteroatoms. The predicted octanol–water partition coefficient (Wildman–Crippen LogP) is 0.962. The number of hydrogen-bond acceptors (Lipinski definition) is 5. The van der Waals surface area contributed by atoms with E-state index in [4.69, 9.17) is 5.21 Å². The van der Waals surface area contributed by atoms with E-state index in [1.165, 1.54) is 11.3 Å². The van der Waals surface area contributed by atoms with Crippen LogP contribution in [0.15, 0.2) is 6.07 Å². The van der Waals surface area contributed by atoms with Crippen molar-refractivity contribution >= 4 is 23.2 Å². The number of carbonyl (C=O) groups excluding carboxylic acids is 2. The van der Waals surface area contributed by atoms with E-state index in [-0.39, 0.29) is 18.5 Å². The highest BCUT2D eigenvalue weighted by atomic mass is 32.1. The highest BCUT2D eigenvalue weighted by Gasteiger charge is 2.19. The number of nitrogens with one attached hydrogen (secondary N) is 3. The molecule has 0 saturated heterocycles. The first-order valence-electron chi connectivity index (χ1n) is 6.02. The first kappa shape index (κ1) is 15.6. The molecule has 0 radical (unpaired) electrons. The van der Waals surface area contributed by atoms with Crippen LogP contribution in [-0.2, 0) is 4.79 Å². The maximum Gasteiger partial charge on any atom is 0.284 e. The fourth-order valence-corrected chi connectivity index (χ4v) is 2.93. The summed E-state index contributed by atoms with van der Waals surface area (Å²) in [6, 6.07) is 1.74. The number of amides is 2. The lowest BCUT2D eigenvalue weighted by molar-refractivity contribution is -0.120. The fourth-order valence-electron chi connectivity index (χ4n) is 1.73. The summed E-state index contributed by atoms with van der Waals surface area (Å²) in [5.74, 6) is -0.612. The Labute approximate surface area is 116 Å². The minimum atomic E-state index is -0.523. The molecule has 0 aromatic carbocycles. The molecule has 0 fully saturated rings. The summed E-state index contributed by atoms with van der Waals surface area (Å²) in [5, 5.41) is 14.3. The summed E-state index contributed by atoms with van der Waals surface area (Å²) in [6.07, 6.45) is 0.732. The Morgan fingerprint density at radius 2 is 2.16 bits per heavy atom. The monoisotopic (exact) mass is 285 g/mol. The summed E-state index contributed by atoms with van der Waals surface area (Å²) in [7, 11) is 1.71. The number of hydroxylamine groups is 1. The quantitative estimate of drug-likeness (QED) is 0.463. The number of thiophene rings is 1. The van der Waals surface area contributed by atoms with Gasteiger partial charge in [-0.1, -0.05) is 6.92 Å². The number of aryl methyl sites for hydroxylation is 1. The van der Waals surface area contributed by atoms with Crippen molar-refractivity contribution in [2.24, 2.45) is 0 Å². The van der Waals surface area contributed by atoms with Gasteiger partial charge in [0.25, 0.3) is 5.91 Å². The van der Waals surface area contributed by atoms with Gasteiger partial charge < -0.3 is 10.6 Å². The lowest BCUT2D eigenvalue weighted by Crippen LogP contribution is -2.34. The molecule has 106 valence electrons. The highest BCUT2D eigenvalue weighted by molar-refractivity contribution is 7.14. The Hall–Kier alpha value is -1.44. The van der Waals surface area contributed by atoms with Gasteiger partial charge in [0.05, 0.1) is 17.5 Å². The largest absolute Gasteiger partial charge is 0.347 e. The van der Waals surface area contributed by atoms with Crippen molar-refractivity contribution in [2.75, 3.05) is 13.6 Å². The Kier molecular flexibility index (Phi) is 5.94. The van der Waals surface area contributed by atoms with Crippen LogP contribution in [0.5, 0.6) is 0 Å². The van der Waals surface area contributed by atoms with Gasteiger partial charge in [-0.05, 0) is 32.0 Å². The summed E-state index contributed by atoms with van der Waals surface area (Å²) < 4.78 is 0. The molecule has 1 heterocycles. The molecule has 1 unspecified atom stereocenters. The van der Waals surface area contributed by atoms with Crippen molar-refractivity contribution in [2.45, 2.75) is 26.3 Å². The molecule has 0 spiro atoms. The molecule has 6 nitrogen and oxygen atoms in total. The molecule has 1 rings (SSSR count). The minimum Gasteiger partial charge on any atom is -0.347 e. The van der Waals surface area contributed by atoms with Crippen LogP contribution in [0.1, 0.15) is 39.5 Å². The van der Waals surface area contributed by atoms with Gasteiger partial charge in [-0.2, -0.15) is 0 Å². The van der Waals surface area contributed by atoms with Gasteiger partial charge in [0, 0.05) is 4.88 Å². The van der Waals surface area contributed by atoms with E-state index in [0.717, 1.165) is 16.9 Å². The number of likely N-dealkylation sites (N-methyl/N-ethyl adjacent to an activating group) is 1. The molecule has 1 aromatic rings. The van der Waals surface area contributed by atoms with Crippen molar-refractivity contribution in [3.05, 3.63) is 21.4 Å². The minimum absolute atomic E-state index is 0.0893. The third-order valence-corrected chi connectivity index (χ3v) is 4.02. The molecule has 1 aromatic heterocycles. The van der Waals surface area contributed by atoms with Crippen LogP contribution in [-0.4, -0.2) is 30.6 Å². The second kappa shape index (κ2) is 7.22. The van der Waals surface area contributed by atoms with Crippen LogP contribution in [0.25, 0.3) is 0 Å². The van der Waals surface area contributed by atoms with Crippen molar-refractivity contribution < 1.29 is 14.8 Å². The number of rotatable bonds is 6. The van der Waals surface area contributed by atoms with E-state index in [0.29, 0.717) is 4.88 Å². The molecule has 1 atom stereocenters. The zero-order chi connectivity index (χ0) is 14.4. The summed E-state index contributed by atoms with van der Waals surface area (Å²) in [4.78, 5) is 24.4. The van der Waals surface area contributed by atoms with E-state index in [1.807, 2.05) is 13.0 Å². The Morgan fingerprint density at radius 1 is 1.47 bits per heavy atom. The molecule has 0 aliphatic rings. The molecule has 0 bridgehead atoms. The lowest BCUT2D eigenvalue weighted by Gasteiger charge is -2.15. The lowest BCUT2D eigenvalue weighted by atomic mass is 10.1. The van der Waals surface area contributed by atoms with Crippen LogP contribution < -0.4 is 16.1 Å². The van der Waals surface area contributed by atoms with Gasteiger partial charge in [0.1, 0.15) is 0 Å². The summed E-state index contributed by atoms with van der Waals surface area (Å²) in [6.45, 7) is 4.02. The van der Waals surface area contributed by atoms with Crippen molar-refractivity contribution in [1.82, 2.24) is 16.1 Å². The summed E-state index contributed by atoms with van der Waals surface area (Å²) in [5.41, 5.74) is 2.41. The number of carbonyl (C=O) groups is 2. The van der Waals surface area contributed by atoms with E-state index in [1.54, 1.807) is 19.5 Å². The molecule has 4 N–H and O–H groups in total. The molecule has 0 aliphatic carbocycles. The van der Waals surface area contributed by atoms with Crippen molar-refractivity contribution in [1.29, 1.82) is 0 Å².